The van der Waals surface area contributed by atoms with Crippen molar-refractivity contribution in [3.63, 3.8) is 0 Å². The average molecular weight is 298 g/mol. The van der Waals surface area contributed by atoms with Gasteiger partial charge in [-0.05, 0) is 12.5 Å². The summed E-state index contributed by atoms with van der Waals surface area (Å²) in [4.78, 5) is 14.0. The van der Waals surface area contributed by atoms with E-state index in [2.05, 4.69) is 0 Å². The molecule has 1 spiro atoms. The van der Waals surface area contributed by atoms with Gasteiger partial charge in [0.05, 0.1) is 25.3 Å². The number of carbonyl (C=O) groups is 1. The predicted octanol–water partition coefficient (Wildman–Crippen LogP) is 1.53. The van der Waals surface area contributed by atoms with Crippen LogP contribution in [0.15, 0.2) is 12.1 Å². The van der Waals surface area contributed by atoms with Crippen LogP contribution in [0.5, 0.6) is 0 Å². The van der Waals surface area contributed by atoms with E-state index >= 15 is 0 Å². The van der Waals surface area contributed by atoms with Crippen LogP contribution in [-0.4, -0.2) is 42.9 Å². The lowest BCUT2D eigenvalue weighted by atomic mass is 10.0. The highest BCUT2D eigenvalue weighted by atomic mass is 19.2. The molecule has 7 heteroatoms. The molecule has 114 valence electrons. The molecule has 0 aromatic heterocycles. The topological polar surface area (TPSA) is 64.8 Å². The molecule has 2 heterocycles. The summed E-state index contributed by atoms with van der Waals surface area (Å²) in [6.45, 7) is 1.76. The van der Waals surface area contributed by atoms with Crippen molar-refractivity contribution in [1.29, 1.82) is 0 Å². The lowest BCUT2D eigenvalue weighted by Crippen LogP contribution is -2.51. The van der Waals surface area contributed by atoms with Gasteiger partial charge in [0.25, 0.3) is 5.91 Å². The molecule has 0 unspecified atom stereocenters. The summed E-state index contributed by atoms with van der Waals surface area (Å²) in [5.41, 5.74) is 5.51. The Morgan fingerprint density at radius 3 is 2.62 bits per heavy atom. The first-order valence-corrected chi connectivity index (χ1v) is 6.82. The lowest BCUT2D eigenvalue weighted by Gasteiger charge is -2.38. The molecule has 2 fully saturated rings. The number of carbonyl (C=O) groups excluding carboxylic acids is 1. The standard InChI is InChI=1S/C14H16F2N2O3/c15-10-6-9(12(17)7-11(10)16)13(19)18-3-1-2-14(8-18)20-4-5-21-14/h6-7H,1-5,8,17H2. The molecule has 0 atom stereocenters. The van der Waals surface area contributed by atoms with Crippen molar-refractivity contribution in [2.24, 2.45) is 0 Å². The molecule has 1 amide bonds. The molecule has 1 aromatic rings. The number of halogens is 2. The number of likely N-dealkylation sites (tertiary alicyclic amines) is 1. The molecule has 2 aliphatic rings. The van der Waals surface area contributed by atoms with Gasteiger partial charge in [-0.2, -0.15) is 0 Å². The van der Waals surface area contributed by atoms with Gasteiger partial charge in [0, 0.05) is 24.7 Å². The van der Waals surface area contributed by atoms with Crippen molar-refractivity contribution < 1.29 is 23.0 Å². The van der Waals surface area contributed by atoms with Crippen molar-refractivity contribution in [1.82, 2.24) is 4.90 Å². The summed E-state index contributed by atoms with van der Waals surface area (Å²) in [6.07, 6.45) is 1.43. The number of ether oxygens (including phenoxy) is 2. The quantitative estimate of drug-likeness (QED) is 0.799. The normalized spacial score (nSPS) is 21.0. The zero-order valence-electron chi connectivity index (χ0n) is 11.4. The fourth-order valence-electron chi connectivity index (χ4n) is 2.81. The number of hydrogen-bond donors (Lipinski definition) is 1. The molecule has 3 rings (SSSR count). The largest absolute Gasteiger partial charge is 0.398 e. The van der Waals surface area contributed by atoms with Gasteiger partial charge in [-0.25, -0.2) is 8.78 Å². The van der Waals surface area contributed by atoms with Gasteiger partial charge < -0.3 is 20.1 Å². The van der Waals surface area contributed by atoms with Crippen LogP contribution < -0.4 is 5.73 Å². The Bertz CT molecular complexity index is 574. The molecule has 2 N–H and O–H groups in total. The Morgan fingerprint density at radius 1 is 1.24 bits per heavy atom. The molecule has 1 aromatic carbocycles. The SMILES string of the molecule is Nc1cc(F)c(F)cc1C(=O)N1CCCC2(C1)OCCO2. The Hall–Kier alpha value is -1.73. The van der Waals surface area contributed by atoms with Gasteiger partial charge in [-0.15, -0.1) is 0 Å². The van der Waals surface area contributed by atoms with Gasteiger partial charge >= 0.3 is 0 Å². The Balaban J connectivity index is 1.83. The van der Waals surface area contributed by atoms with Crippen LogP contribution in [0.4, 0.5) is 14.5 Å². The smallest absolute Gasteiger partial charge is 0.256 e. The van der Waals surface area contributed by atoms with E-state index in [0.717, 1.165) is 18.6 Å². The van der Waals surface area contributed by atoms with Crippen molar-refractivity contribution in [2.75, 3.05) is 32.0 Å². The van der Waals surface area contributed by atoms with E-state index in [-0.39, 0.29) is 17.8 Å². The van der Waals surface area contributed by atoms with E-state index < -0.39 is 23.3 Å². The summed E-state index contributed by atoms with van der Waals surface area (Å²) in [7, 11) is 0. The zero-order chi connectivity index (χ0) is 15.0. The summed E-state index contributed by atoms with van der Waals surface area (Å²) in [6, 6.07) is 1.66. The number of nitrogens with two attached hydrogens (primary N) is 1. The van der Waals surface area contributed by atoms with Crippen LogP contribution in [0.3, 0.4) is 0 Å². The first-order valence-electron chi connectivity index (χ1n) is 6.82. The fraction of sp³-hybridized carbons (Fsp3) is 0.500. The average Bonchev–Trinajstić information content (AvgIpc) is 2.90. The summed E-state index contributed by atoms with van der Waals surface area (Å²) in [5, 5.41) is 0. The summed E-state index contributed by atoms with van der Waals surface area (Å²) in [5.74, 6) is -3.36. The van der Waals surface area contributed by atoms with Gasteiger partial charge in [0.1, 0.15) is 0 Å². The fourth-order valence-corrected chi connectivity index (χ4v) is 2.81. The summed E-state index contributed by atoms with van der Waals surface area (Å²) >= 11 is 0. The molecule has 0 saturated carbocycles. The van der Waals surface area contributed by atoms with E-state index in [9.17, 15) is 13.6 Å². The maximum absolute atomic E-state index is 13.3. The molecule has 0 radical (unpaired) electrons. The number of nitrogen functional groups attached to an aromatic ring is 1. The summed E-state index contributed by atoms with van der Waals surface area (Å²) < 4.78 is 37.6. The van der Waals surface area contributed by atoms with Gasteiger partial charge in [0.15, 0.2) is 17.4 Å². The highest BCUT2D eigenvalue weighted by Crippen LogP contribution is 2.31. The van der Waals surface area contributed by atoms with Gasteiger partial charge in [0.2, 0.25) is 0 Å². The number of nitrogens with zero attached hydrogens (tertiary/aromatic N) is 1. The van der Waals surface area contributed by atoms with Crippen molar-refractivity contribution in [3.8, 4) is 0 Å². The minimum atomic E-state index is -1.09. The number of hydrogen-bond acceptors (Lipinski definition) is 4. The van der Waals surface area contributed by atoms with Gasteiger partial charge in [-0.1, -0.05) is 0 Å². The molecule has 0 aliphatic carbocycles. The predicted molar refractivity (Wildman–Crippen MR) is 70.5 cm³/mol. The first kappa shape index (κ1) is 14.2. The van der Waals surface area contributed by atoms with Crippen LogP contribution in [0, 0.1) is 11.6 Å². The van der Waals surface area contributed by atoms with Crippen LogP contribution in [0.25, 0.3) is 0 Å². The third-order valence-electron chi connectivity index (χ3n) is 3.84. The number of anilines is 1. The Morgan fingerprint density at radius 2 is 1.90 bits per heavy atom. The third-order valence-corrected chi connectivity index (χ3v) is 3.84. The monoisotopic (exact) mass is 298 g/mol. The number of piperidine rings is 1. The van der Waals surface area contributed by atoms with E-state index in [1.165, 1.54) is 4.90 Å². The van der Waals surface area contributed by atoms with Gasteiger partial charge in [-0.3, -0.25) is 4.79 Å². The molecule has 21 heavy (non-hydrogen) atoms. The molecular weight excluding hydrogens is 282 g/mol. The van der Waals surface area contributed by atoms with Crippen LogP contribution in [0.1, 0.15) is 23.2 Å². The second-order valence-corrected chi connectivity index (χ2v) is 5.29. The Kier molecular flexibility index (Phi) is 3.54. The molecule has 5 nitrogen and oxygen atoms in total. The number of rotatable bonds is 1. The first-order chi connectivity index (χ1) is 10.0. The van der Waals surface area contributed by atoms with Crippen LogP contribution in [0.2, 0.25) is 0 Å². The number of amides is 1. The molecule has 0 bridgehead atoms. The Labute approximate surface area is 120 Å². The number of benzene rings is 1. The second-order valence-electron chi connectivity index (χ2n) is 5.29. The molecule has 2 aliphatic heterocycles. The lowest BCUT2D eigenvalue weighted by molar-refractivity contribution is -0.183. The van der Waals surface area contributed by atoms with E-state index in [1.807, 2.05) is 0 Å². The molecular formula is C14H16F2N2O3. The van der Waals surface area contributed by atoms with Crippen molar-refractivity contribution in [2.45, 2.75) is 18.6 Å². The van der Waals surface area contributed by atoms with E-state index in [0.29, 0.717) is 26.2 Å². The van der Waals surface area contributed by atoms with E-state index in [4.69, 9.17) is 15.2 Å². The van der Waals surface area contributed by atoms with Crippen LogP contribution in [-0.2, 0) is 9.47 Å². The maximum atomic E-state index is 13.3. The van der Waals surface area contributed by atoms with Crippen molar-refractivity contribution in [3.05, 3.63) is 29.3 Å². The van der Waals surface area contributed by atoms with Crippen molar-refractivity contribution >= 4 is 11.6 Å². The zero-order valence-corrected chi connectivity index (χ0v) is 11.4. The minimum Gasteiger partial charge on any atom is -0.398 e. The highest BCUT2D eigenvalue weighted by Gasteiger charge is 2.42. The third kappa shape index (κ3) is 2.58. The minimum absolute atomic E-state index is 0.0380. The maximum Gasteiger partial charge on any atom is 0.256 e. The highest BCUT2D eigenvalue weighted by molar-refractivity contribution is 5.99. The van der Waals surface area contributed by atoms with E-state index in [1.54, 1.807) is 0 Å². The molecule has 2 saturated heterocycles. The second kappa shape index (κ2) is 5.23. The van der Waals surface area contributed by atoms with Crippen LogP contribution >= 0.6 is 0 Å².